The topological polar surface area (TPSA) is 58.1 Å². The summed E-state index contributed by atoms with van der Waals surface area (Å²) in [6, 6.07) is 14.1. The number of amides is 1. The smallest absolute Gasteiger partial charge is 0.274 e. The Balaban J connectivity index is 1.62. The van der Waals surface area contributed by atoms with Gasteiger partial charge in [-0.1, -0.05) is 37.3 Å². The minimum absolute atomic E-state index is 0.00339. The highest BCUT2D eigenvalue weighted by molar-refractivity contribution is 5.92. The Morgan fingerprint density at radius 1 is 1.17 bits per heavy atom. The van der Waals surface area contributed by atoms with Crippen molar-refractivity contribution < 1.29 is 4.79 Å². The molecule has 0 radical (unpaired) electrons. The lowest BCUT2D eigenvalue weighted by atomic mass is 9.99. The van der Waals surface area contributed by atoms with E-state index >= 15 is 0 Å². The standard InChI is InChI=1S/C19H24N4O/c1-2-16-10-6-7-13-23(16)19(24)17-11-12-18(22-21-17)20-14-15-8-4-3-5-9-15/h3-5,8-9,11-12,16H,2,6-7,10,13-14H2,1H3,(H,20,22). The van der Waals surface area contributed by atoms with Crippen molar-refractivity contribution in [3.8, 4) is 0 Å². The largest absolute Gasteiger partial charge is 0.365 e. The van der Waals surface area contributed by atoms with Crippen LogP contribution in [0.25, 0.3) is 0 Å². The average Bonchev–Trinajstić information content (AvgIpc) is 2.67. The molecule has 5 heteroatoms. The number of nitrogens with one attached hydrogen (secondary N) is 1. The molecule has 1 aliphatic heterocycles. The summed E-state index contributed by atoms with van der Waals surface area (Å²) >= 11 is 0. The van der Waals surface area contributed by atoms with Gasteiger partial charge in [0, 0.05) is 19.1 Å². The molecule has 1 unspecified atom stereocenters. The molecule has 1 aliphatic rings. The number of nitrogens with zero attached hydrogens (tertiary/aromatic N) is 3. The average molecular weight is 324 g/mol. The Hall–Kier alpha value is -2.43. The molecule has 0 aliphatic carbocycles. The van der Waals surface area contributed by atoms with Gasteiger partial charge in [-0.3, -0.25) is 4.79 Å². The van der Waals surface area contributed by atoms with Crippen LogP contribution < -0.4 is 5.32 Å². The van der Waals surface area contributed by atoms with Crippen molar-refractivity contribution in [3.05, 3.63) is 53.7 Å². The molecule has 0 spiro atoms. The zero-order valence-corrected chi connectivity index (χ0v) is 14.1. The van der Waals surface area contributed by atoms with Gasteiger partial charge in [-0.25, -0.2) is 0 Å². The van der Waals surface area contributed by atoms with E-state index in [4.69, 9.17) is 0 Å². The molecule has 1 fully saturated rings. The third-order valence-corrected chi connectivity index (χ3v) is 4.56. The molecule has 1 aromatic carbocycles. The number of benzene rings is 1. The van der Waals surface area contributed by atoms with Crippen molar-refractivity contribution in [2.75, 3.05) is 11.9 Å². The van der Waals surface area contributed by atoms with Gasteiger partial charge in [0.1, 0.15) is 5.82 Å². The molecule has 0 saturated carbocycles. The molecular weight excluding hydrogens is 300 g/mol. The number of aromatic nitrogens is 2. The normalized spacial score (nSPS) is 17.5. The van der Waals surface area contributed by atoms with Gasteiger partial charge in [0.15, 0.2) is 5.69 Å². The second kappa shape index (κ2) is 7.90. The van der Waals surface area contributed by atoms with Crippen molar-refractivity contribution in [1.82, 2.24) is 15.1 Å². The monoisotopic (exact) mass is 324 g/mol. The van der Waals surface area contributed by atoms with Crippen LogP contribution in [0, 0.1) is 0 Å². The van der Waals surface area contributed by atoms with Gasteiger partial charge in [0.2, 0.25) is 0 Å². The van der Waals surface area contributed by atoms with E-state index in [2.05, 4.69) is 34.6 Å². The highest BCUT2D eigenvalue weighted by Gasteiger charge is 2.27. The zero-order valence-electron chi connectivity index (χ0n) is 14.1. The van der Waals surface area contributed by atoms with Crippen LogP contribution in [0.1, 0.15) is 48.7 Å². The molecule has 2 aromatic rings. The van der Waals surface area contributed by atoms with Crippen LogP contribution in [-0.2, 0) is 6.54 Å². The van der Waals surface area contributed by atoms with Crippen molar-refractivity contribution in [2.24, 2.45) is 0 Å². The summed E-state index contributed by atoms with van der Waals surface area (Å²) < 4.78 is 0. The fourth-order valence-corrected chi connectivity index (χ4v) is 3.17. The van der Waals surface area contributed by atoms with Crippen LogP contribution in [0.15, 0.2) is 42.5 Å². The highest BCUT2D eigenvalue weighted by Crippen LogP contribution is 2.21. The van der Waals surface area contributed by atoms with Crippen molar-refractivity contribution >= 4 is 11.7 Å². The van der Waals surface area contributed by atoms with E-state index in [0.717, 1.165) is 25.8 Å². The minimum atomic E-state index is 0.00339. The van der Waals surface area contributed by atoms with E-state index in [9.17, 15) is 4.79 Å². The number of likely N-dealkylation sites (tertiary alicyclic amines) is 1. The molecule has 1 amide bonds. The minimum Gasteiger partial charge on any atom is -0.365 e. The number of hydrogen-bond acceptors (Lipinski definition) is 4. The molecule has 1 aromatic heterocycles. The van der Waals surface area contributed by atoms with Crippen LogP contribution in [0.4, 0.5) is 5.82 Å². The van der Waals surface area contributed by atoms with E-state index in [0.29, 0.717) is 24.1 Å². The summed E-state index contributed by atoms with van der Waals surface area (Å²) in [7, 11) is 0. The maximum absolute atomic E-state index is 12.7. The van der Waals surface area contributed by atoms with Gasteiger partial charge < -0.3 is 10.2 Å². The molecule has 24 heavy (non-hydrogen) atoms. The van der Waals surface area contributed by atoms with Gasteiger partial charge in [-0.15, -0.1) is 10.2 Å². The fraction of sp³-hybridized carbons (Fsp3) is 0.421. The van der Waals surface area contributed by atoms with Crippen LogP contribution >= 0.6 is 0 Å². The first kappa shape index (κ1) is 16.4. The second-order valence-electron chi connectivity index (χ2n) is 6.20. The van der Waals surface area contributed by atoms with Crippen LogP contribution in [0.5, 0.6) is 0 Å². The molecular formula is C19H24N4O. The lowest BCUT2D eigenvalue weighted by Gasteiger charge is -2.34. The third-order valence-electron chi connectivity index (χ3n) is 4.56. The summed E-state index contributed by atoms with van der Waals surface area (Å²) in [5.74, 6) is 0.685. The van der Waals surface area contributed by atoms with Gasteiger partial charge >= 0.3 is 0 Å². The lowest BCUT2D eigenvalue weighted by molar-refractivity contribution is 0.0601. The number of carbonyl (C=O) groups excluding carboxylic acids is 1. The number of anilines is 1. The maximum atomic E-state index is 12.7. The summed E-state index contributed by atoms with van der Waals surface area (Å²) in [4.78, 5) is 14.6. The first-order valence-corrected chi connectivity index (χ1v) is 8.70. The summed E-state index contributed by atoms with van der Waals surface area (Å²) in [5, 5.41) is 11.5. The summed E-state index contributed by atoms with van der Waals surface area (Å²) in [6.45, 7) is 3.65. The lowest BCUT2D eigenvalue weighted by Crippen LogP contribution is -2.43. The zero-order chi connectivity index (χ0) is 16.8. The summed E-state index contributed by atoms with van der Waals surface area (Å²) in [6.07, 6.45) is 4.37. The second-order valence-corrected chi connectivity index (χ2v) is 6.20. The number of piperidine rings is 1. The summed E-state index contributed by atoms with van der Waals surface area (Å²) in [5.41, 5.74) is 1.61. The number of hydrogen-bond donors (Lipinski definition) is 1. The van der Waals surface area contributed by atoms with E-state index in [1.165, 1.54) is 12.0 Å². The molecule has 126 valence electrons. The number of rotatable bonds is 5. The Bertz CT molecular complexity index is 657. The molecule has 2 heterocycles. The molecule has 5 nitrogen and oxygen atoms in total. The molecule has 1 N–H and O–H groups in total. The first-order valence-electron chi connectivity index (χ1n) is 8.70. The van der Waals surface area contributed by atoms with E-state index in [1.807, 2.05) is 29.2 Å². The molecule has 3 rings (SSSR count). The van der Waals surface area contributed by atoms with Crippen molar-refractivity contribution in [3.63, 3.8) is 0 Å². The molecule has 1 atom stereocenters. The maximum Gasteiger partial charge on any atom is 0.274 e. The van der Waals surface area contributed by atoms with E-state index in [1.54, 1.807) is 6.07 Å². The molecule has 1 saturated heterocycles. The number of carbonyl (C=O) groups is 1. The van der Waals surface area contributed by atoms with Crippen LogP contribution in [0.2, 0.25) is 0 Å². The predicted molar refractivity (Wildman–Crippen MR) is 94.8 cm³/mol. The van der Waals surface area contributed by atoms with Gasteiger partial charge in [0.25, 0.3) is 5.91 Å². The Kier molecular flexibility index (Phi) is 5.41. The van der Waals surface area contributed by atoms with Crippen LogP contribution in [-0.4, -0.2) is 33.6 Å². The third kappa shape index (κ3) is 3.91. The SMILES string of the molecule is CCC1CCCCN1C(=O)c1ccc(NCc2ccccc2)nn1. The quantitative estimate of drug-likeness (QED) is 0.914. The Labute approximate surface area is 143 Å². The first-order chi connectivity index (χ1) is 11.8. The van der Waals surface area contributed by atoms with Crippen molar-refractivity contribution in [1.29, 1.82) is 0 Å². The van der Waals surface area contributed by atoms with Crippen LogP contribution in [0.3, 0.4) is 0 Å². The highest BCUT2D eigenvalue weighted by atomic mass is 16.2. The van der Waals surface area contributed by atoms with Crippen molar-refractivity contribution in [2.45, 2.75) is 45.2 Å². The van der Waals surface area contributed by atoms with Gasteiger partial charge in [-0.05, 0) is 43.4 Å². The Morgan fingerprint density at radius 2 is 2.00 bits per heavy atom. The predicted octanol–water partition coefficient (Wildman–Crippen LogP) is 3.49. The molecule has 0 bridgehead atoms. The fourth-order valence-electron chi connectivity index (χ4n) is 3.17. The Morgan fingerprint density at radius 3 is 2.71 bits per heavy atom. The van der Waals surface area contributed by atoms with Gasteiger partial charge in [-0.2, -0.15) is 0 Å². The van der Waals surface area contributed by atoms with E-state index in [-0.39, 0.29) is 5.91 Å². The van der Waals surface area contributed by atoms with E-state index < -0.39 is 0 Å². The van der Waals surface area contributed by atoms with Gasteiger partial charge in [0.05, 0.1) is 0 Å².